The Labute approximate surface area is 106 Å². The van der Waals surface area contributed by atoms with Gasteiger partial charge in [-0.15, -0.1) is 0 Å². The van der Waals surface area contributed by atoms with Gasteiger partial charge in [-0.3, -0.25) is 9.59 Å². The summed E-state index contributed by atoms with van der Waals surface area (Å²) in [5.74, 6) is -1.05. The number of ether oxygens (including phenoxy) is 1. The number of carbonyl (C=O) groups excluding carboxylic acids is 2. The predicted molar refractivity (Wildman–Crippen MR) is 62.2 cm³/mol. The van der Waals surface area contributed by atoms with Crippen LogP contribution in [0.2, 0.25) is 5.02 Å². The number of halogens is 2. The Morgan fingerprint density at radius 2 is 2.12 bits per heavy atom. The summed E-state index contributed by atoms with van der Waals surface area (Å²) >= 11 is 9.35. The summed E-state index contributed by atoms with van der Waals surface area (Å²) in [6.07, 6.45) is 0.0349. The van der Waals surface area contributed by atoms with Gasteiger partial charge in [-0.05, 0) is 24.6 Å². The molecule has 1 aliphatic rings. The average molecular weight is 304 g/mol. The summed E-state index contributed by atoms with van der Waals surface area (Å²) in [6, 6.07) is 5.20. The predicted octanol–water partition coefficient (Wildman–Crippen LogP) is 2.83. The third kappa shape index (κ3) is 1.76. The number of hydrogen-bond acceptors (Lipinski definition) is 3. The van der Waals surface area contributed by atoms with Gasteiger partial charge >= 0.3 is 11.9 Å². The third-order valence-corrected chi connectivity index (χ3v) is 3.49. The maximum Gasteiger partial charge on any atom is 0.324 e. The van der Waals surface area contributed by atoms with Crippen molar-refractivity contribution in [2.75, 3.05) is 0 Å². The molecule has 0 aliphatic carbocycles. The minimum absolute atomic E-state index is 0.0349. The molecule has 0 aromatic heterocycles. The van der Waals surface area contributed by atoms with E-state index in [1.807, 2.05) is 0 Å². The topological polar surface area (TPSA) is 43.4 Å². The molecular formula is C11H8BrClO3. The summed E-state index contributed by atoms with van der Waals surface area (Å²) < 4.78 is 5.39. The van der Waals surface area contributed by atoms with E-state index in [-0.39, 0.29) is 6.42 Å². The van der Waals surface area contributed by atoms with Gasteiger partial charge < -0.3 is 4.74 Å². The van der Waals surface area contributed by atoms with Crippen LogP contribution in [0.5, 0.6) is 0 Å². The lowest BCUT2D eigenvalue weighted by Gasteiger charge is -2.19. The lowest BCUT2D eigenvalue weighted by Crippen LogP contribution is -2.27. The number of benzene rings is 1. The van der Waals surface area contributed by atoms with E-state index in [0.717, 1.165) is 4.47 Å². The molecule has 0 bridgehead atoms. The number of carbonyl (C=O) groups is 2. The van der Waals surface area contributed by atoms with Gasteiger partial charge in [0.15, 0.2) is 0 Å². The van der Waals surface area contributed by atoms with Crippen LogP contribution in [0.3, 0.4) is 0 Å². The molecule has 1 saturated heterocycles. The van der Waals surface area contributed by atoms with Crippen molar-refractivity contribution in [3.05, 3.63) is 33.3 Å². The van der Waals surface area contributed by atoms with Crippen LogP contribution in [0.15, 0.2) is 22.7 Å². The fraction of sp³-hybridized carbons (Fsp3) is 0.273. The zero-order valence-electron chi connectivity index (χ0n) is 8.42. The van der Waals surface area contributed by atoms with E-state index < -0.39 is 17.4 Å². The van der Waals surface area contributed by atoms with Gasteiger partial charge in [0.2, 0.25) is 0 Å². The molecule has 1 aromatic rings. The van der Waals surface area contributed by atoms with E-state index in [2.05, 4.69) is 20.7 Å². The molecule has 16 heavy (non-hydrogen) atoms. The molecule has 0 spiro atoms. The molecule has 1 aromatic carbocycles. The molecule has 5 heteroatoms. The van der Waals surface area contributed by atoms with E-state index in [4.69, 9.17) is 11.6 Å². The SMILES string of the molecule is CC1(c2ccc(Br)cc2Cl)CC(=O)OC1=O. The van der Waals surface area contributed by atoms with Crippen LogP contribution < -0.4 is 0 Å². The summed E-state index contributed by atoms with van der Waals surface area (Å²) in [5.41, 5.74) is -0.345. The van der Waals surface area contributed by atoms with Gasteiger partial charge in [0.05, 0.1) is 6.42 Å². The first-order valence-corrected chi connectivity index (χ1v) is 5.81. The van der Waals surface area contributed by atoms with Crippen LogP contribution in [-0.4, -0.2) is 11.9 Å². The van der Waals surface area contributed by atoms with Gasteiger partial charge in [0, 0.05) is 9.50 Å². The normalized spacial score (nSPS) is 24.7. The molecule has 1 unspecified atom stereocenters. The molecule has 0 N–H and O–H groups in total. The fourth-order valence-corrected chi connectivity index (χ4v) is 2.64. The Bertz CT molecular complexity index is 486. The zero-order valence-corrected chi connectivity index (χ0v) is 10.8. The van der Waals surface area contributed by atoms with Crippen molar-refractivity contribution in [3.8, 4) is 0 Å². The van der Waals surface area contributed by atoms with Crippen LogP contribution in [0.4, 0.5) is 0 Å². The molecule has 1 fully saturated rings. The highest BCUT2D eigenvalue weighted by Gasteiger charge is 2.47. The van der Waals surface area contributed by atoms with E-state index in [0.29, 0.717) is 10.6 Å². The van der Waals surface area contributed by atoms with Gasteiger partial charge in [-0.2, -0.15) is 0 Å². The summed E-state index contributed by atoms with van der Waals surface area (Å²) in [5, 5.41) is 0.448. The minimum Gasteiger partial charge on any atom is -0.392 e. The summed E-state index contributed by atoms with van der Waals surface area (Å²) in [6.45, 7) is 1.66. The average Bonchev–Trinajstić information content (AvgIpc) is 2.40. The first-order chi connectivity index (χ1) is 7.43. The van der Waals surface area contributed by atoms with Crippen molar-refractivity contribution < 1.29 is 14.3 Å². The van der Waals surface area contributed by atoms with Crippen LogP contribution >= 0.6 is 27.5 Å². The first-order valence-electron chi connectivity index (χ1n) is 4.64. The maximum absolute atomic E-state index is 11.6. The van der Waals surface area contributed by atoms with E-state index in [1.165, 1.54) is 0 Å². The number of esters is 2. The quantitative estimate of drug-likeness (QED) is 0.592. The van der Waals surface area contributed by atoms with E-state index in [1.54, 1.807) is 25.1 Å². The second-order valence-corrected chi connectivity index (χ2v) is 5.22. The van der Waals surface area contributed by atoms with Crippen LogP contribution in [0, 0.1) is 0 Å². The molecule has 2 rings (SSSR count). The lowest BCUT2D eigenvalue weighted by atomic mass is 9.81. The van der Waals surface area contributed by atoms with Crippen molar-refractivity contribution in [3.63, 3.8) is 0 Å². The molecule has 1 heterocycles. The summed E-state index contributed by atoms with van der Waals surface area (Å²) in [4.78, 5) is 22.8. The van der Waals surface area contributed by atoms with Crippen LogP contribution in [0.1, 0.15) is 18.9 Å². The molecule has 1 aliphatic heterocycles. The largest absolute Gasteiger partial charge is 0.392 e. The highest BCUT2D eigenvalue weighted by atomic mass is 79.9. The third-order valence-electron chi connectivity index (χ3n) is 2.68. The molecule has 84 valence electrons. The Hall–Kier alpha value is -0.870. The monoisotopic (exact) mass is 302 g/mol. The second-order valence-electron chi connectivity index (χ2n) is 3.89. The van der Waals surface area contributed by atoms with E-state index in [9.17, 15) is 9.59 Å². The Morgan fingerprint density at radius 3 is 2.62 bits per heavy atom. The van der Waals surface area contributed by atoms with Crippen molar-refractivity contribution >= 4 is 39.5 Å². The maximum atomic E-state index is 11.6. The van der Waals surface area contributed by atoms with Crippen molar-refractivity contribution in [2.24, 2.45) is 0 Å². The smallest absolute Gasteiger partial charge is 0.324 e. The Balaban J connectivity index is 2.51. The molecular weight excluding hydrogens is 295 g/mol. The molecule has 0 saturated carbocycles. The lowest BCUT2D eigenvalue weighted by molar-refractivity contribution is -0.153. The van der Waals surface area contributed by atoms with Crippen LogP contribution in [0.25, 0.3) is 0 Å². The first kappa shape index (κ1) is 11.6. The van der Waals surface area contributed by atoms with Gasteiger partial charge in [0.1, 0.15) is 5.41 Å². The number of cyclic esters (lactones) is 2. The van der Waals surface area contributed by atoms with Gasteiger partial charge in [-0.25, -0.2) is 0 Å². The van der Waals surface area contributed by atoms with Crippen molar-refractivity contribution in [2.45, 2.75) is 18.8 Å². The van der Waals surface area contributed by atoms with Crippen molar-refractivity contribution in [1.29, 1.82) is 0 Å². The van der Waals surface area contributed by atoms with E-state index >= 15 is 0 Å². The standard InChI is InChI=1S/C11H8BrClO3/c1-11(5-9(14)16-10(11)15)7-3-2-6(12)4-8(7)13/h2-4H,5H2,1H3. The summed E-state index contributed by atoms with van der Waals surface area (Å²) in [7, 11) is 0. The molecule has 0 amide bonds. The molecule has 1 atom stereocenters. The zero-order chi connectivity index (χ0) is 11.9. The fourth-order valence-electron chi connectivity index (χ4n) is 1.76. The molecule has 3 nitrogen and oxygen atoms in total. The highest BCUT2D eigenvalue weighted by Crippen LogP contribution is 2.39. The highest BCUT2D eigenvalue weighted by molar-refractivity contribution is 9.10. The van der Waals surface area contributed by atoms with Crippen LogP contribution in [-0.2, 0) is 19.7 Å². The van der Waals surface area contributed by atoms with Gasteiger partial charge in [0.25, 0.3) is 0 Å². The number of rotatable bonds is 1. The number of hydrogen-bond donors (Lipinski definition) is 0. The second kappa shape index (κ2) is 3.86. The minimum atomic E-state index is -0.963. The molecule has 0 radical (unpaired) electrons. The Kier molecular flexibility index (Phi) is 2.80. The van der Waals surface area contributed by atoms with Crippen molar-refractivity contribution in [1.82, 2.24) is 0 Å². The Morgan fingerprint density at radius 1 is 1.44 bits per heavy atom. The van der Waals surface area contributed by atoms with Gasteiger partial charge in [-0.1, -0.05) is 33.6 Å².